The fourth-order valence-corrected chi connectivity index (χ4v) is 3.69. The number of carbonyl (C=O) groups excluding carboxylic acids is 1. The normalized spacial score (nSPS) is 35.4. The highest BCUT2D eigenvalue weighted by Crippen LogP contribution is 2.29. The van der Waals surface area contributed by atoms with Crippen molar-refractivity contribution in [3.8, 4) is 0 Å². The molecule has 0 aromatic heterocycles. The molecule has 5 atom stereocenters. The number of rotatable bonds is 3. The number of carbonyl (C=O) groups is 1. The molecule has 134 valence electrons. The van der Waals surface area contributed by atoms with E-state index >= 15 is 0 Å². The smallest absolute Gasteiger partial charge is 0.410 e. The van der Waals surface area contributed by atoms with E-state index in [2.05, 4.69) is 19.2 Å². The van der Waals surface area contributed by atoms with Gasteiger partial charge in [-0.3, -0.25) is 0 Å². The Kier molecular flexibility index (Phi) is 5.95. The Bertz CT molecular complexity index is 408. The Labute approximate surface area is 141 Å². The van der Waals surface area contributed by atoms with E-state index in [4.69, 9.17) is 9.47 Å². The van der Waals surface area contributed by atoms with Gasteiger partial charge < -0.3 is 19.7 Å². The topological polar surface area (TPSA) is 50.8 Å². The second-order valence-corrected chi connectivity index (χ2v) is 8.43. The van der Waals surface area contributed by atoms with Crippen LogP contribution in [0.2, 0.25) is 0 Å². The van der Waals surface area contributed by atoms with Gasteiger partial charge in [-0.2, -0.15) is 0 Å². The van der Waals surface area contributed by atoms with Crippen LogP contribution in [0.5, 0.6) is 0 Å². The quantitative estimate of drug-likeness (QED) is 0.866. The predicted octanol–water partition coefficient (Wildman–Crippen LogP) is 3.04. The summed E-state index contributed by atoms with van der Waals surface area (Å²) in [6.07, 6.45) is 3.60. The van der Waals surface area contributed by atoms with E-state index in [9.17, 15) is 4.79 Å². The first-order valence-corrected chi connectivity index (χ1v) is 8.96. The van der Waals surface area contributed by atoms with Gasteiger partial charge in [0.25, 0.3) is 0 Å². The number of methoxy groups -OCH3 is 1. The van der Waals surface area contributed by atoms with Gasteiger partial charge in [-0.05, 0) is 45.4 Å². The maximum atomic E-state index is 12.3. The SMILES string of the molecule is CO[C@H]1CN(C(=O)OC(C)(C)C)CC1NC1CC(C)CCC1C. The Balaban J connectivity index is 1.95. The van der Waals surface area contributed by atoms with Crippen LogP contribution in [0, 0.1) is 11.8 Å². The van der Waals surface area contributed by atoms with E-state index in [-0.39, 0.29) is 18.2 Å². The van der Waals surface area contributed by atoms with Gasteiger partial charge in [0.05, 0.1) is 18.7 Å². The Morgan fingerprint density at radius 1 is 1.13 bits per heavy atom. The summed E-state index contributed by atoms with van der Waals surface area (Å²) in [6.45, 7) is 11.6. The molecule has 23 heavy (non-hydrogen) atoms. The Hall–Kier alpha value is -0.810. The molecule has 2 rings (SSSR count). The molecular formula is C18H34N2O3. The van der Waals surface area contributed by atoms with Gasteiger partial charge in [0.1, 0.15) is 5.60 Å². The number of nitrogens with one attached hydrogen (secondary N) is 1. The molecule has 1 amide bonds. The highest BCUT2D eigenvalue weighted by atomic mass is 16.6. The van der Waals surface area contributed by atoms with Crippen molar-refractivity contribution < 1.29 is 14.3 Å². The predicted molar refractivity (Wildman–Crippen MR) is 91.5 cm³/mol. The van der Waals surface area contributed by atoms with Crippen LogP contribution in [0.4, 0.5) is 4.79 Å². The first-order chi connectivity index (χ1) is 10.7. The standard InChI is InChI=1S/C18H34N2O3/c1-12-7-8-13(2)14(9-12)19-15-10-20(11-16(15)22-6)17(21)23-18(3,4)5/h12-16,19H,7-11H2,1-6H3/t12?,13?,14?,15?,16-/m0/s1. The summed E-state index contributed by atoms with van der Waals surface area (Å²) in [5, 5.41) is 3.77. The van der Waals surface area contributed by atoms with Crippen molar-refractivity contribution in [1.82, 2.24) is 10.2 Å². The van der Waals surface area contributed by atoms with Crippen molar-refractivity contribution in [2.75, 3.05) is 20.2 Å². The van der Waals surface area contributed by atoms with Gasteiger partial charge >= 0.3 is 6.09 Å². The zero-order valence-corrected chi connectivity index (χ0v) is 15.6. The molecule has 5 nitrogen and oxygen atoms in total. The first-order valence-electron chi connectivity index (χ1n) is 8.96. The van der Waals surface area contributed by atoms with Crippen LogP contribution in [-0.4, -0.2) is 55.0 Å². The van der Waals surface area contributed by atoms with Crippen molar-refractivity contribution in [1.29, 1.82) is 0 Å². The average molecular weight is 326 g/mol. The third-order valence-corrected chi connectivity index (χ3v) is 5.11. The van der Waals surface area contributed by atoms with E-state index < -0.39 is 5.60 Å². The summed E-state index contributed by atoms with van der Waals surface area (Å²) >= 11 is 0. The van der Waals surface area contributed by atoms with Crippen LogP contribution in [0.3, 0.4) is 0 Å². The molecule has 0 radical (unpaired) electrons. The van der Waals surface area contributed by atoms with Gasteiger partial charge in [0, 0.05) is 19.7 Å². The summed E-state index contributed by atoms with van der Waals surface area (Å²) in [5.41, 5.74) is -0.460. The summed E-state index contributed by atoms with van der Waals surface area (Å²) < 4.78 is 11.1. The summed E-state index contributed by atoms with van der Waals surface area (Å²) in [7, 11) is 1.73. The first kappa shape index (κ1) is 18.5. The molecule has 1 N–H and O–H groups in total. The highest BCUT2D eigenvalue weighted by molar-refractivity contribution is 5.68. The molecule has 0 aromatic carbocycles. The van der Waals surface area contributed by atoms with Gasteiger partial charge in [-0.15, -0.1) is 0 Å². The Morgan fingerprint density at radius 2 is 1.83 bits per heavy atom. The van der Waals surface area contributed by atoms with Crippen molar-refractivity contribution >= 4 is 6.09 Å². The van der Waals surface area contributed by atoms with Crippen molar-refractivity contribution in [2.45, 2.75) is 77.7 Å². The molecule has 1 saturated carbocycles. The number of likely N-dealkylation sites (tertiary alicyclic amines) is 1. The minimum absolute atomic E-state index is 0.0342. The van der Waals surface area contributed by atoms with Gasteiger partial charge in [-0.1, -0.05) is 20.3 Å². The van der Waals surface area contributed by atoms with E-state index in [0.717, 1.165) is 5.92 Å². The zero-order valence-electron chi connectivity index (χ0n) is 15.6. The van der Waals surface area contributed by atoms with E-state index in [1.54, 1.807) is 12.0 Å². The monoisotopic (exact) mass is 326 g/mol. The third-order valence-electron chi connectivity index (χ3n) is 5.11. The van der Waals surface area contributed by atoms with Crippen LogP contribution in [0.15, 0.2) is 0 Å². The van der Waals surface area contributed by atoms with Crippen LogP contribution in [0.25, 0.3) is 0 Å². The molecule has 0 bridgehead atoms. The molecular weight excluding hydrogens is 292 g/mol. The van der Waals surface area contributed by atoms with Crippen LogP contribution in [0.1, 0.15) is 53.9 Å². The fraction of sp³-hybridized carbons (Fsp3) is 0.944. The molecule has 1 aliphatic heterocycles. The lowest BCUT2D eigenvalue weighted by Crippen LogP contribution is -2.50. The molecule has 1 saturated heterocycles. The molecule has 0 spiro atoms. The van der Waals surface area contributed by atoms with Gasteiger partial charge in [0.2, 0.25) is 0 Å². The maximum absolute atomic E-state index is 12.3. The van der Waals surface area contributed by atoms with E-state index in [0.29, 0.717) is 25.0 Å². The van der Waals surface area contributed by atoms with Gasteiger partial charge in [0.15, 0.2) is 0 Å². The van der Waals surface area contributed by atoms with Crippen molar-refractivity contribution in [3.63, 3.8) is 0 Å². The number of amides is 1. The number of ether oxygens (including phenoxy) is 2. The summed E-state index contributed by atoms with van der Waals surface area (Å²) in [5.74, 6) is 1.45. The molecule has 0 aromatic rings. The van der Waals surface area contributed by atoms with E-state index in [1.165, 1.54) is 19.3 Å². The fourth-order valence-electron chi connectivity index (χ4n) is 3.69. The maximum Gasteiger partial charge on any atom is 0.410 e. The lowest BCUT2D eigenvalue weighted by atomic mass is 9.79. The minimum Gasteiger partial charge on any atom is -0.444 e. The number of nitrogens with zero attached hydrogens (tertiary/aromatic N) is 1. The Morgan fingerprint density at radius 3 is 2.43 bits per heavy atom. The van der Waals surface area contributed by atoms with Crippen molar-refractivity contribution in [2.24, 2.45) is 11.8 Å². The molecule has 4 unspecified atom stereocenters. The lowest BCUT2D eigenvalue weighted by Gasteiger charge is -2.36. The molecule has 2 aliphatic rings. The largest absolute Gasteiger partial charge is 0.444 e. The molecule has 5 heteroatoms. The van der Waals surface area contributed by atoms with E-state index in [1.807, 2.05) is 20.8 Å². The second kappa shape index (κ2) is 7.39. The number of hydrogen-bond acceptors (Lipinski definition) is 4. The molecule has 1 aliphatic carbocycles. The van der Waals surface area contributed by atoms with Gasteiger partial charge in [-0.25, -0.2) is 4.79 Å². The van der Waals surface area contributed by atoms with Crippen molar-refractivity contribution in [3.05, 3.63) is 0 Å². The third kappa shape index (κ3) is 5.08. The number of hydrogen-bond donors (Lipinski definition) is 1. The zero-order chi connectivity index (χ0) is 17.2. The summed E-state index contributed by atoms with van der Waals surface area (Å²) in [6, 6.07) is 0.699. The minimum atomic E-state index is -0.460. The van der Waals surface area contributed by atoms with Crippen LogP contribution >= 0.6 is 0 Å². The average Bonchev–Trinajstić information content (AvgIpc) is 2.84. The molecule has 1 heterocycles. The van der Waals surface area contributed by atoms with Crippen LogP contribution in [-0.2, 0) is 9.47 Å². The second-order valence-electron chi connectivity index (χ2n) is 8.43. The lowest BCUT2D eigenvalue weighted by molar-refractivity contribution is 0.0252. The summed E-state index contributed by atoms with van der Waals surface area (Å²) in [4.78, 5) is 14.1. The van der Waals surface area contributed by atoms with Crippen LogP contribution < -0.4 is 5.32 Å². The highest BCUT2D eigenvalue weighted by Gasteiger charge is 2.39. The molecule has 2 fully saturated rings.